The first-order valence-electron chi connectivity index (χ1n) is 6.97. The molecular formula is C16H23NO2P+. The molecule has 1 unspecified atom stereocenters. The second-order valence-corrected chi connectivity index (χ2v) is 8.08. The smallest absolute Gasteiger partial charge is 0.256 e. The predicted molar refractivity (Wildman–Crippen MR) is 86.9 cm³/mol. The zero-order chi connectivity index (χ0) is 14.8. The third kappa shape index (κ3) is 3.01. The summed E-state index contributed by atoms with van der Waals surface area (Å²) in [6, 6.07) is 8.51. The molecule has 0 amide bonds. The van der Waals surface area contributed by atoms with E-state index in [1.165, 1.54) is 10.9 Å². The molecule has 1 aromatic carbocycles. The molecule has 20 heavy (non-hydrogen) atoms. The summed E-state index contributed by atoms with van der Waals surface area (Å²) in [7, 11) is -0.267. The fourth-order valence-electron chi connectivity index (χ4n) is 2.17. The van der Waals surface area contributed by atoms with Gasteiger partial charge in [0.2, 0.25) is 0 Å². The summed E-state index contributed by atoms with van der Waals surface area (Å²) in [6.07, 6.45) is 1.96. The first kappa shape index (κ1) is 15.4. The molecule has 0 fully saturated rings. The molecule has 2 aromatic rings. The van der Waals surface area contributed by atoms with Crippen LogP contribution in [0, 0.1) is 0 Å². The molecule has 0 N–H and O–H groups in total. The second-order valence-electron chi connectivity index (χ2n) is 5.25. The Hall–Kier alpha value is -1.02. The maximum atomic E-state index is 5.84. The molecule has 0 saturated carbocycles. The topological polar surface area (TPSA) is 31.4 Å². The largest absolute Gasteiger partial charge is 0.303 e. The lowest BCUT2D eigenvalue weighted by atomic mass is 10.0. The molecule has 1 aromatic heterocycles. The standard InChI is InChI=1S/C16H23NO2P/c1-6-19-20(5,18-4)15-8-7-13-9-14(12(2)3)11-17-16(13)10-15/h7-12H,6H2,1-5H3/q+1. The van der Waals surface area contributed by atoms with Crippen LogP contribution in [0.2, 0.25) is 0 Å². The van der Waals surface area contributed by atoms with Gasteiger partial charge in [-0.3, -0.25) is 4.98 Å². The van der Waals surface area contributed by atoms with Crippen molar-refractivity contribution >= 4 is 23.9 Å². The normalized spacial score (nSPS) is 14.7. The van der Waals surface area contributed by atoms with E-state index in [0.29, 0.717) is 12.5 Å². The summed E-state index contributed by atoms with van der Waals surface area (Å²) in [6.45, 7) is 9.04. The Labute approximate surface area is 121 Å². The molecule has 2 rings (SSSR count). The molecule has 0 aliphatic heterocycles. The summed E-state index contributed by atoms with van der Waals surface area (Å²) in [4.78, 5) is 4.58. The average molecular weight is 292 g/mol. The predicted octanol–water partition coefficient (Wildman–Crippen LogP) is 4.14. The van der Waals surface area contributed by atoms with Crippen LogP contribution in [0.15, 0.2) is 30.5 Å². The fourth-order valence-corrected chi connectivity index (χ4v) is 3.83. The van der Waals surface area contributed by atoms with E-state index < -0.39 is 7.72 Å². The number of fused-ring (bicyclic) bond motifs is 1. The fraction of sp³-hybridized carbons (Fsp3) is 0.438. The van der Waals surface area contributed by atoms with Gasteiger partial charge in [-0.1, -0.05) is 13.8 Å². The zero-order valence-corrected chi connectivity index (χ0v) is 13.8. The third-order valence-corrected chi connectivity index (χ3v) is 6.21. The Morgan fingerprint density at radius 2 is 2.00 bits per heavy atom. The van der Waals surface area contributed by atoms with Gasteiger partial charge in [0.05, 0.1) is 19.2 Å². The van der Waals surface area contributed by atoms with Crippen LogP contribution in [-0.2, 0) is 9.05 Å². The molecular weight excluding hydrogens is 269 g/mol. The number of nitrogens with zero attached hydrogens (tertiary/aromatic N) is 1. The molecule has 4 heteroatoms. The van der Waals surface area contributed by atoms with Gasteiger partial charge in [0.1, 0.15) is 6.66 Å². The highest BCUT2D eigenvalue weighted by molar-refractivity contribution is 7.73. The zero-order valence-electron chi connectivity index (χ0n) is 12.9. The van der Waals surface area contributed by atoms with Gasteiger partial charge >= 0.3 is 7.72 Å². The van der Waals surface area contributed by atoms with Crippen molar-refractivity contribution in [3.8, 4) is 0 Å². The molecule has 0 aliphatic rings. The van der Waals surface area contributed by atoms with Crippen LogP contribution in [-0.4, -0.2) is 25.4 Å². The number of pyridine rings is 1. The molecule has 1 heterocycles. The molecule has 108 valence electrons. The molecule has 3 nitrogen and oxygen atoms in total. The third-order valence-electron chi connectivity index (χ3n) is 3.55. The number of aromatic nitrogens is 1. The van der Waals surface area contributed by atoms with E-state index in [2.05, 4.69) is 43.1 Å². The van der Waals surface area contributed by atoms with E-state index in [0.717, 1.165) is 10.8 Å². The van der Waals surface area contributed by atoms with Gasteiger partial charge in [-0.05, 0) is 36.6 Å². The minimum Gasteiger partial charge on any atom is -0.256 e. The van der Waals surface area contributed by atoms with Crippen LogP contribution in [0.25, 0.3) is 10.9 Å². The highest BCUT2D eigenvalue weighted by Gasteiger charge is 2.37. The van der Waals surface area contributed by atoms with Crippen molar-refractivity contribution in [2.75, 3.05) is 20.4 Å². The lowest BCUT2D eigenvalue weighted by Crippen LogP contribution is -2.14. The van der Waals surface area contributed by atoms with E-state index in [1.807, 2.05) is 19.8 Å². The molecule has 0 aliphatic carbocycles. The Kier molecular flexibility index (Phi) is 4.74. The number of benzene rings is 1. The minimum absolute atomic E-state index is 0.492. The van der Waals surface area contributed by atoms with Crippen LogP contribution in [0.3, 0.4) is 0 Å². The number of hydrogen-bond acceptors (Lipinski definition) is 3. The van der Waals surface area contributed by atoms with Crippen molar-refractivity contribution in [2.24, 2.45) is 0 Å². The van der Waals surface area contributed by atoms with Crippen LogP contribution in [0.1, 0.15) is 32.3 Å². The molecule has 1 atom stereocenters. The van der Waals surface area contributed by atoms with E-state index in [1.54, 1.807) is 7.11 Å². The van der Waals surface area contributed by atoms with Crippen molar-refractivity contribution in [2.45, 2.75) is 26.7 Å². The molecule has 0 saturated heterocycles. The highest BCUT2D eigenvalue weighted by atomic mass is 31.2. The first-order valence-corrected chi connectivity index (χ1v) is 9.04. The Morgan fingerprint density at radius 3 is 2.60 bits per heavy atom. The maximum Gasteiger partial charge on any atom is 0.303 e. The van der Waals surface area contributed by atoms with Crippen LogP contribution >= 0.6 is 7.72 Å². The van der Waals surface area contributed by atoms with Crippen molar-refractivity contribution in [3.63, 3.8) is 0 Å². The lowest BCUT2D eigenvalue weighted by Gasteiger charge is -2.17. The second kappa shape index (κ2) is 6.17. The molecule has 0 bridgehead atoms. The summed E-state index contributed by atoms with van der Waals surface area (Å²) in [5.74, 6) is 0.492. The van der Waals surface area contributed by atoms with Gasteiger partial charge in [-0.15, -0.1) is 0 Å². The van der Waals surface area contributed by atoms with Gasteiger partial charge in [0.15, 0.2) is 5.30 Å². The van der Waals surface area contributed by atoms with E-state index in [-0.39, 0.29) is 0 Å². The highest BCUT2D eigenvalue weighted by Crippen LogP contribution is 2.55. The number of rotatable bonds is 5. The van der Waals surface area contributed by atoms with E-state index in [9.17, 15) is 0 Å². The Balaban J connectivity index is 2.46. The first-order chi connectivity index (χ1) is 9.50. The average Bonchev–Trinajstić information content (AvgIpc) is 2.46. The number of hydrogen-bond donors (Lipinski definition) is 0. The summed E-state index contributed by atoms with van der Waals surface area (Å²) >= 11 is 0. The Bertz CT molecular complexity index is 600. The van der Waals surface area contributed by atoms with Crippen molar-refractivity contribution in [1.29, 1.82) is 0 Å². The van der Waals surface area contributed by atoms with Crippen molar-refractivity contribution in [1.82, 2.24) is 4.98 Å². The van der Waals surface area contributed by atoms with Gasteiger partial charge in [-0.2, -0.15) is 0 Å². The summed E-state index contributed by atoms with van der Waals surface area (Å²) < 4.78 is 11.5. The molecule has 0 radical (unpaired) electrons. The van der Waals surface area contributed by atoms with Crippen LogP contribution in [0.5, 0.6) is 0 Å². The van der Waals surface area contributed by atoms with Crippen LogP contribution < -0.4 is 5.30 Å². The van der Waals surface area contributed by atoms with Gasteiger partial charge < -0.3 is 0 Å². The van der Waals surface area contributed by atoms with Crippen LogP contribution in [0.4, 0.5) is 0 Å². The van der Waals surface area contributed by atoms with E-state index >= 15 is 0 Å². The van der Waals surface area contributed by atoms with Crippen molar-refractivity contribution < 1.29 is 9.05 Å². The van der Waals surface area contributed by atoms with Gasteiger partial charge in [0, 0.05) is 17.6 Å². The quantitative estimate of drug-likeness (QED) is 0.776. The summed E-state index contributed by atoms with van der Waals surface area (Å²) in [5, 5.41) is 2.26. The van der Waals surface area contributed by atoms with Gasteiger partial charge in [0.25, 0.3) is 0 Å². The summed E-state index contributed by atoms with van der Waals surface area (Å²) in [5.41, 5.74) is 2.26. The minimum atomic E-state index is -1.98. The van der Waals surface area contributed by atoms with E-state index in [4.69, 9.17) is 9.05 Å². The maximum absolute atomic E-state index is 5.84. The molecule has 0 spiro atoms. The van der Waals surface area contributed by atoms with Crippen molar-refractivity contribution in [3.05, 3.63) is 36.0 Å². The Morgan fingerprint density at radius 1 is 1.25 bits per heavy atom. The monoisotopic (exact) mass is 292 g/mol. The van der Waals surface area contributed by atoms with Gasteiger partial charge in [-0.25, -0.2) is 9.05 Å². The SMILES string of the molecule is CCO[P+](C)(OC)c1ccc2cc(C(C)C)cnc2c1. The lowest BCUT2D eigenvalue weighted by molar-refractivity contribution is 0.290.